The lowest BCUT2D eigenvalue weighted by Gasteiger charge is -2.29. The number of rotatable bonds is 3. The van der Waals surface area contributed by atoms with Crippen LogP contribution in [0.3, 0.4) is 0 Å². The summed E-state index contributed by atoms with van der Waals surface area (Å²) in [6, 6.07) is 3.56. The Balaban J connectivity index is 0.000000980. The summed E-state index contributed by atoms with van der Waals surface area (Å²) in [4.78, 5) is 6.15. The summed E-state index contributed by atoms with van der Waals surface area (Å²) >= 11 is 5.64. The average molecular weight is 235 g/mol. The first kappa shape index (κ1) is 11.6. The Morgan fingerprint density at radius 1 is 1.43 bits per heavy atom. The number of hydrogen-bond acceptors (Lipinski definition) is 3. The highest BCUT2D eigenvalue weighted by atomic mass is 35.5. The molecule has 2 heterocycles. The van der Waals surface area contributed by atoms with Gasteiger partial charge < -0.3 is 4.74 Å². The van der Waals surface area contributed by atoms with Gasteiger partial charge in [0.1, 0.15) is 17.6 Å². The predicted molar refractivity (Wildman–Crippen MR) is 58.2 cm³/mol. The first-order chi connectivity index (χ1) is 6.34. The van der Waals surface area contributed by atoms with Gasteiger partial charge in [-0.3, -0.25) is 4.90 Å². The summed E-state index contributed by atoms with van der Waals surface area (Å²) < 4.78 is 5.47. The summed E-state index contributed by atoms with van der Waals surface area (Å²) in [6.45, 7) is 2.94. The molecule has 3 nitrogen and oxygen atoms in total. The van der Waals surface area contributed by atoms with Gasteiger partial charge in [-0.1, -0.05) is 11.6 Å². The molecule has 0 saturated carbocycles. The molecule has 14 heavy (non-hydrogen) atoms. The largest absolute Gasteiger partial charge is 0.477 e. The highest BCUT2D eigenvalue weighted by Gasteiger charge is 2.13. The van der Waals surface area contributed by atoms with E-state index >= 15 is 0 Å². The van der Waals surface area contributed by atoms with Gasteiger partial charge in [0.05, 0.1) is 6.20 Å². The number of pyridine rings is 1. The first-order valence-electron chi connectivity index (χ1n) is 4.31. The molecule has 0 spiro atoms. The van der Waals surface area contributed by atoms with Crippen molar-refractivity contribution in [3.05, 3.63) is 23.5 Å². The van der Waals surface area contributed by atoms with Crippen LogP contribution in [0.4, 0.5) is 0 Å². The van der Waals surface area contributed by atoms with Crippen molar-refractivity contribution in [1.29, 1.82) is 0 Å². The molecule has 0 aromatic carbocycles. The van der Waals surface area contributed by atoms with E-state index in [1.165, 1.54) is 6.42 Å². The molecule has 0 atom stereocenters. The Bertz CT molecular complexity index is 275. The minimum Gasteiger partial charge on any atom is -0.477 e. The predicted octanol–water partition coefficient (Wildman–Crippen LogP) is 2.20. The van der Waals surface area contributed by atoms with E-state index < -0.39 is 0 Å². The standard InChI is InChI=1S/C9H11ClN2O.ClH/c10-9-3-2-8(6-11-9)13-7-12-4-1-5-12;/h2-3,6H,1,4-5,7H2;1H. The van der Waals surface area contributed by atoms with Crippen molar-refractivity contribution >= 4 is 24.0 Å². The Morgan fingerprint density at radius 3 is 2.71 bits per heavy atom. The van der Waals surface area contributed by atoms with Crippen molar-refractivity contribution in [2.75, 3.05) is 19.8 Å². The van der Waals surface area contributed by atoms with Crippen molar-refractivity contribution in [3.63, 3.8) is 0 Å². The Labute approximate surface area is 94.4 Å². The molecule has 1 saturated heterocycles. The Hall–Kier alpha value is -0.510. The van der Waals surface area contributed by atoms with Gasteiger partial charge >= 0.3 is 0 Å². The summed E-state index contributed by atoms with van der Waals surface area (Å²) in [6.07, 6.45) is 2.92. The molecular formula is C9H12Cl2N2O. The third kappa shape index (κ3) is 3.01. The Kier molecular flexibility index (Phi) is 4.45. The number of aromatic nitrogens is 1. The number of halogens is 2. The molecule has 1 aromatic rings. The third-order valence-electron chi connectivity index (χ3n) is 2.06. The fourth-order valence-electron chi connectivity index (χ4n) is 1.12. The molecular weight excluding hydrogens is 223 g/mol. The second kappa shape index (κ2) is 5.39. The van der Waals surface area contributed by atoms with E-state index in [0.29, 0.717) is 11.9 Å². The topological polar surface area (TPSA) is 25.4 Å². The quantitative estimate of drug-likeness (QED) is 0.751. The van der Waals surface area contributed by atoms with Crippen LogP contribution in [0.25, 0.3) is 0 Å². The second-order valence-corrected chi connectivity index (χ2v) is 3.45. The molecule has 0 amide bonds. The van der Waals surface area contributed by atoms with E-state index in [1.54, 1.807) is 12.3 Å². The molecule has 0 radical (unpaired) electrons. The average Bonchev–Trinajstić information content (AvgIpc) is 2.05. The maximum atomic E-state index is 5.64. The van der Waals surface area contributed by atoms with Crippen LogP contribution in [0.2, 0.25) is 5.15 Å². The number of hydrogen-bond donors (Lipinski definition) is 0. The summed E-state index contributed by atoms with van der Waals surface area (Å²) in [5.74, 6) is 0.774. The zero-order valence-electron chi connectivity index (χ0n) is 7.65. The minimum atomic E-state index is 0. The molecule has 0 aliphatic carbocycles. The van der Waals surface area contributed by atoms with Crippen LogP contribution in [-0.4, -0.2) is 29.7 Å². The molecule has 1 aromatic heterocycles. The number of nitrogens with zero attached hydrogens (tertiary/aromatic N) is 2. The maximum Gasteiger partial charge on any atom is 0.142 e. The van der Waals surface area contributed by atoms with Gasteiger partial charge in [0.15, 0.2) is 0 Å². The number of likely N-dealkylation sites (tertiary alicyclic amines) is 1. The van der Waals surface area contributed by atoms with Crippen LogP contribution in [0.5, 0.6) is 5.75 Å². The van der Waals surface area contributed by atoms with E-state index in [-0.39, 0.29) is 12.4 Å². The van der Waals surface area contributed by atoms with Crippen LogP contribution < -0.4 is 4.74 Å². The molecule has 5 heteroatoms. The van der Waals surface area contributed by atoms with Gasteiger partial charge in [-0.05, 0) is 18.6 Å². The lowest BCUT2D eigenvalue weighted by atomic mass is 10.2. The summed E-state index contributed by atoms with van der Waals surface area (Å²) in [5.41, 5.74) is 0. The van der Waals surface area contributed by atoms with Crippen LogP contribution in [0.1, 0.15) is 6.42 Å². The van der Waals surface area contributed by atoms with Gasteiger partial charge in [0.25, 0.3) is 0 Å². The van der Waals surface area contributed by atoms with E-state index in [9.17, 15) is 0 Å². The van der Waals surface area contributed by atoms with Crippen LogP contribution in [0.15, 0.2) is 18.3 Å². The lowest BCUT2D eigenvalue weighted by molar-refractivity contribution is 0.0728. The summed E-state index contributed by atoms with van der Waals surface area (Å²) in [5, 5.41) is 0.497. The highest BCUT2D eigenvalue weighted by molar-refractivity contribution is 6.29. The van der Waals surface area contributed by atoms with E-state index in [4.69, 9.17) is 16.3 Å². The van der Waals surface area contributed by atoms with Crippen LogP contribution in [0, 0.1) is 0 Å². The monoisotopic (exact) mass is 234 g/mol. The van der Waals surface area contributed by atoms with Crippen LogP contribution in [-0.2, 0) is 0 Å². The molecule has 1 fully saturated rings. The van der Waals surface area contributed by atoms with E-state index in [0.717, 1.165) is 18.8 Å². The molecule has 0 N–H and O–H groups in total. The van der Waals surface area contributed by atoms with Gasteiger partial charge in [-0.2, -0.15) is 0 Å². The van der Waals surface area contributed by atoms with Crippen molar-refractivity contribution < 1.29 is 4.74 Å². The normalized spacial score (nSPS) is 15.5. The van der Waals surface area contributed by atoms with Gasteiger partial charge in [-0.25, -0.2) is 4.98 Å². The van der Waals surface area contributed by atoms with Crippen molar-refractivity contribution in [1.82, 2.24) is 9.88 Å². The van der Waals surface area contributed by atoms with Crippen molar-refractivity contribution in [2.24, 2.45) is 0 Å². The van der Waals surface area contributed by atoms with E-state index in [1.807, 2.05) is 6.07 Å². The molecule has 78 valence electrons. The second-order valence-electron chi connectivity index (χ2n) is 3.06. The number of ether oxygens (including phenoxy) is 1. The fourth-order valence-corrected chi connectivity index (χ4v) is 1.24. The van der Waals surface area contributed by atoms with Crippen molar-refractivity contribution in [3.8, 4) is 5.75 Å². The highest BCUT2D eigenvalue weighted by Crippen LogP contribution is 2.13. The first-order valence-corrected chi connectivity index (χ1v) is 4.69. The zero-order chi connectivity index (χ0) is 9.10. The molecule has 2 rings (SSSR count). The fraction of sp³-hybridized carbons (Fsp3) is 0.444. The van der Waals surface area contributed by atoms with Gasteiger partial charge in [0.2, 0.25) is 0 Å². The maximum absolute atomic E-state index is 5.64. The molecule has 1 aliphatic rings. The van der Waals surface area contributed by atoms with Crippen molar-refractivity contribution in [2.45, 2.75) is 6.42 Å². The lowest BCUT2D eigenvalue weighted by Crippen LogP contribution is -2.39. The van der Waals surface area contributed by atoms with Gasteiger partial charge in [-0.15, -0.1) is 12.4 Å². The smallest absolute Gasteiger partial charge is 0.142 e. The van der Waals surface area contributed by atoms with Crippen LogP contribution >= 0.6 is 24.0 Å². The Morgan fingerprint density at radius 2 is 2.21 bits per heavy atom. The van der Waals surface area contributed by atoms with Gasteiger partial charge in [0, 0.05) is 13.1 Å². The molecule has 0 unspecified atom stereocenters. The third-order valence-corrected chi connectivity index (χ3v) is 2.29. The zero-order valence-corrected chi connectivity index (χ0v) is 9.22. The minimum absolute atomic E-state index is 0. The molecule has 0 bridgehead atoms. The SMILES string of the molecule is Cl.Clc1ccc(OCN2CCC2)cn1. The van der Waals surface area contributed by atoms with E-state index in [2.05, 4.69) is 9.88 Å². The summed E-state index contributed by atoms with van der Waals surface area (Å²) in [7, 11) is 0. The molecule has 1 aliphatic heterocycles.